The van der Waals surface area contributed by atoms with Crippen molar-refractivity contribution in [2.75, 3.05) is 6.54 Å². The minimum Gasteiger partial charge on any atom is -0.310 e. The molecule has 84 valence electrons. The number of nitrogens with one attached hydrogen (secondary N) is 1. The maximum absolute atomic E-state index is 13.4. The second-order valence-electron chi connectivity index (χ2n) is 3.94. The molecule has 0 saturated heterocycles. The van der Waals surface area contributed by atoms with E-state index in [-0.39, 0.29) is 12.6 Å². The highest BCUT2D eigenvalue weighted by Crippen LogP contribution is 2.21. The second kappa shape index (κ2) is 4.12. The van der Waals surface area contributed by atoms with Crippen molar-refractivity contribution in [1.82, 2.24) is 5.32 Å². The molecular weight excluding hydrogens is 209 g/mol. The first-order valence-electron chi connectivity index (χ1n) is 4.72. The molecule has 1 aliphatic rings. The molecule has 0 heterocycles. The molecule has 6 heteroatoms. The quantitative estimate of drug-likeness (QED) is 0.703. The Morgan fingerprint density at radius 1 is 1.50 bits per heavy atom. The van der Waals surface area contributed by atoms with Gasteiger partial charge in [-0.05, 0) is 19.8 Å². The molecule has 0 radical (unpaired) electrons. The average Bonchev–Trinajstić information content (AvgIpc) is 2.50. The molecule has 0 aromatic rings. The van der Waals surface area contributed by atoms with E-state index in [0.29, 0.717) is 0 Å². The van der Waals surface area contributed by atoms with Crippen molar-refractivity contribution >= 4 is 10.1 Å². The number of hydrogen-bond donors (Lipinski definition) is 2. The van der Waals surface area contributed by atoms with Crippen molar-refractivity contribution in [3.63, 3.8) is 0 Å². The fourth-order valence-corrected chi connectivity index (χ4v) is 1.81. The zero-order valence-electron chi connectivity index (χ0n) is 8.16. The molecule has 1 aliphatic carbocycles. The Hall–Kier alpha value is -0.200. The lowest BCUT2D eigenvalue weighted by molar-refractivity contribution is 0.249. The Morgan fingerprint density at radius 3 is 2.43 bits per heavy atom. The molecule has 0 aromatic carbocycles. The Labute approximate surface area is 83.6 Å². The van der Waals surface area contributed by atoms with Gasteiger partial charge in [0.05, 0.1) is 0 Å². The monoisotopic (exact) mass is 225 g/mol. The summed E-state index contributed by atoms with van der Waals surface area (Å²) in [6, 6.07) is 0.187. The van der Waals surface area contributed by atoms with E-state index in [4.69, 9.17) is 4.55 Å². The van der Waals surface area contributed by atoms with Crippen LogP contribution in [0, 0.1) is 0 Å². The maximum Gasteiger partial charge on any atom is 0.301 e. The Balaban J connectivity index is 2.43. The van der Waals surface area contributed by atoms with Gasteiger partial charge in [0.25, 0.3) is 0 Å². The minimum absolute atomic E-state index is 0.187. The molecule has 0 bridgehead atoms. The van der Waals surface area contributed by atoms with E-state index in [2.05, 4.69) is 5.32 Å². The maximum atomic E-state index is 13.4. The second-order valence-corrected chi connectivity index (χ2v) is 5.74. The van der Waals surface area contributed by atoms with Gasteiger partial charge in [0, 0.05) is 12.6 Å². The molecule has 2 N–H and O–H groups in total. The van der Waals surface area contributed by atoms with Crippen LogP contribution >= 0.6 is 0 Å². The third-order valence-corrected chi connectivity index (χ3v) is 3.82. The molecule has 1 atom stereocenters. The van der Waals surface area contributed by atoms with Crippen LogP contribution in [0.3, 0.4) is 0 Å². The van der Waals surface area contributed by atoms with Crippen LogP contribution < -0.4 is 5.32 Å². The van der Waals surface area contributed by atoms with E-state index in [1.165, 1.54) is 0 Å². The first kappa shape index (κ1) is 11.9. The van der Waals surface area contributed by atoms with Crippen molar-refractivity contribution in [2.45, 2.75) is 43.6 Å². The van der Waals surface area contributed by atoms with Crippen LogP contribution in [0.15, 0.2) is 0 Å². The van der Waals surface area contributed by atoms with Gasteiger partial charge in [-0.2, -0.15) is 8.42 Å². The summed E-state index contributed by atoms with van der Waals surface area (Å²) in [4.78, 5) is 0. The van der Waals surface area contributed by atoms with Crippen molar-refractivity contribution in [1.29, 1.82) is 0 Å². The van der Waals surface area contributed by atoms with Gasteiger partial charge in [-0.1, -0.05) is 12.8 Å². The van der Waals surface area contributed by atoms with E-state index < -0.39 is 15.1 Å². The fraction of sp³-hybridized carbons (Fsp3) is 1.00. The lowest BCUT2D eigenvalue weighted by Gasteiger charge is -2.20. The van der Waals surface area contributed by atoms with Gasteiger partial charge in [0.15, 0.2) is 0 Å². The van der Waals surface area contributed by atoms with Gasteiger partial charge < -0.3 is 5.32 Å². The van der Waals surface area contributed by atoms with Gasteiger partial charge in [0.1, 0.15) is 0 Å². The Bertz CT molecular complexity index is 283. The molecule has 4 nitrogen and oxygen atoms in total. The normalized spacial score (nSPS) is 23.6. The van der Waals surface area contributed by atoms with Gasteiger partial charge in [0.2, 0.25) is 5.00 Å². The summed E-state index contributed by atoms with van der Waals surface area (Å²) in [5.41, 5.74) is 0. The van der Waals surface area contributed by atoms with Crippen LogP contribution in [0.5, 0.6) is 0 Å². The SMILES string of the molecule is CC(F)(CNC1CCCC1)S(=O)(=O)O. The van der Waals surface area contributed by atoms with Crippen molar-refractivity contribution in [2.24, 2.45) is 0 Å². The van der Waals surface area contributed by atoms with Crippen molar-refractivity contribution < 1.29 is 17.4 Å². The Morgan fingerprint density at radius 2 is 2.00 bits per heavy atom. The number of halogens is 1. The minimum atomic E-state index is -4.62. The third-order valence-electron chi connectivity index (χ3n) is 2.60. The molecule has 0 amide bonds. The molecule has 0 aliphatic heterocycles. The van der Waals surface area contributed by atoms with Gasteiger partial charge in [-0.3, -0.25) is 4.55 Å². The smallest absolute Gasteiger partial charge is 0.301 e. The highest BCUT2D eigenvalue weighted by Gasteiger charge is 2.38. The van der Waals surface area contributed by atoms with Gasteiger partial charge >= 0.3 is 10.1 Å². The molecule has 1 unspecified atom stereocenters. The molecule has 1 rings (SSSR count). The van der Waals surface area contributed by atoms with E-state index in [1.54, 1.807) is 0 Å². The summed E-state index contributed by atoms with van der Waals surface area (Å²) < 4.78 is 43.1. The van der Waals surface area contributed by atoms with E-state index >= 15 is 0 Å². The number of hydrogen-bond acceptors (Lipinski definition) is 3. The van der Waals surface area contributed by atoms with E-state index in [1.807, 2.05) is 0 Å². The van der Waals surface area contributed by atoms with E-state index in [0.717, 1.165) is 32.6 Å². The molecule has 0 aromatic heterocycles. The zero-order chi connectivity index (χ0) is 10.8. The molecule has 1 saturated carbocycles. The van der Waals surface area contributed by atoms with Crippen LogP contribution in [-0.2, 0) is 10.1 Å². The van der Waals surface area contributed by atoms with Crippen LogP contribution in [-0.4, -0.2) is 30.6 Å². The largest absolute Gasteiger partial charge is 0.310 e. The lowest BCUT2D eigenvalue weighted by atomic mass is 10.2. The van der Waals surface area contributed by atoms with E-state index in [9.17, 15) is 12.8 Å². The van der Waals surface area contributed by atoms with Crippen LogP contribution in [0.1, 0.15) is 32.6 Å². The zero-order valence-corrected chi connectivity index (χ0v) is 8.98. The third kappa shape index (κ3) is 2.90. The average molecular weight is 225 g/mol. The summed E-state index contributed by atoms with van der Waals surface area (Å²) in [5, 5.41) is 0.227. The Kier molecular flexibility index (Phi) is 3.49. The van der Waals surface area contributed by atoms with Gasteiger partial charge in [-0.15, -0.1) is 0 Å². The van der Waals surface area contributed by atoms with Crippen LogP contribution in [0.2, 0.25) is 0 Å². The molecular formula is C8H16FNO3S. The van der Waals surface area contributed by atoms with Crippen LogP contribution in [0.4, 0.5) is 4.39 Å². The number of alkyl halides is 1. The highest BCUT2D eigenvalue weighted by molar-refractivity contribution is 7.87. The van der Waals surface area contributed by atoms with Crippen LogP contribution in [0.25, 0.3) is 0 Å². The summed E-state index contributed by atoms with van der Waals surface area (Å²) >= 11 is 0. The highest BCUT2D eigenvalue weighted by atomic mass is 32.2. The summed E-state index contributed by atoms with van der Waals surface area (Å²) in [5.74, 6) is 0. The van der Waals surface area contributed by atoms with Gasteiger partial charge in [-0.25, -0.2) is 4.39 Å². The first-order chi connectivity index (χ1) is 6.33. The summed E-state index contributed by atoms with van der Waals surface area (Å²) in [7, 11) is -4.62. The standard InChI is InChI=1S/C8H16FNO3S/c1-8(9,14(11,12)13)6-10-7-4-2-3-5-7/h7,10H,2-6H2,1H3,(H,11,12,13). The molecule has 1 fully saturated rings. The molecule has 14 heavy (non-hydrogen) atoms. The predicted octanol–water partition coefficient (Wildman–Crippen LogP) is 1.09. The fourth-order valence-electron chi connectivity index (χ4n) is 1.55. The lowest BCUT2D eigenvalue weighted by Crippen LogP contribution is -2.43. The summed E-state index contributed by atoms with van der Waals surface area (Å²) in [6.45, 7) is 0.515. The van der Waals surface area contributed by atoms with Crippen molar-refractivity contribution in [3.05, 3.63) is 0 Å². The van der Waals surface area contributed by atoms with Crippen molar-refractivity contribution in [3.8, 4) is 0 Å². The topological polar surface area (TPSA) is 66.4 Å². The number of rotatable bonds is 4. The molecule has 0 spiro atoms. The predicted molar refractivity (Wildman–Crippen MR) is 51.3 cm³/mol. The summed E-state index contributed by atoms with van der Waals surface area (Å²) in [6.07, 6.45) is 4.07. The first-order valence-corrected chi connectivity index (χ1v) is 6.16.